The molecule has 1 saturated heterocycles. The fourth-order valence-electron chi connectivity index (χ4n) is 5.30. The van der Waals surface area contributed by atoms with E-state index in [-0.39, 0.29) is 53.2 Å². The van der Waals surface area contributed by atoms with Crippen molar-refractivity contribution in [3.63, 3.8) is 0 Å². The largest absolute Gasteiger partial charge is 0.462 e. The van der Waals surface area contributed by atoms with E-state index in [4.69, 9.17) is 9.47 Å². The number of rotatable bonds is 1. The van der Waals surface area contributed by atoms with E-state index in [0.717, 1.165) is 12.8 Å². The summed E-state index contributed by atoms with van der Waals surface area (Å²) in [4.78, 5) is 23.3. The van der Waals surface area contributed by atoms with Crippen LogP contribution in [0, 0.1) is 29.1 Å². The number of ether oxygens (including phenoxy) is 2. The van der Waals surface area contributed by atoms with E-state index in [0.29, 0.717) is 6.42 Å². The van der Waals surface area contributed by atoms with Gasteiger partial charge in [0.1, 0.15) is 12.2 Å². The number of hydrogen-bond donors (Lipinski definition) is 1. The minimum atomic E-state index is -0.508. The summed E-state index contributed by atoms with van der Waals surface area (Å²) in [5.74, 6) is -0.0305. The summed E-state index contributed by atoms with van der Waals surface area (Å²) >= 11 is 0. The van der Waals surface area contributed by atoms with E-state index >= 15 is 0 Å². The number of fused-ring (bicyclic) bond motifs is 2. The normalized spacial score (nSPS) is 50.8. The molecule has 0 aromatic rings. The van der Waals surface area contributed by atoms with Gasteiger partial charge >= 0.3 is 11.9 Å². The number of esters is 2. The van der Waals surface area contributed by atoms with Crippen LogP contribution in [0.3, 0.4) is 0 Å². The van der Waals surface area contributed by atoms with Crippen molar-refractivity contribution in [2.75, 3.05) is 0 Å². The number of carbonyl (C=O) groups is 2. The molecule has 124 valence electrons. The number of aliphatic hydroxyl groups is 1. The Morgan fingerprint density at radius 3 is 2.68 bits per heavy atom. The molecule has 0 spiro atoms. The maximum absolute atomic E-state index is 11.9. The topological polar surface area (TPSA) is 72.8 Å². The first-order chi connectivity index (χ1) is 10.2. The van der Waals surface area contributed by atoms with Crippen LogP contribution in [0.4, 0.5) is 0 Å². The fraction of sp³-hybridized carbons (Fsp3) is 0.882. The highest BCUT2D eigenvalue weighted by atomic mass is 16.6. The van der Waals surface area contributed by atoms with Crippen molar-refractivity contribution >= 4 is 11.9 Å². The van der Waals surface area contributed by atoms with Gasteiger partial charge in [-0.15, -0.1) is 0 Å². The Balaban J connectivity index is 1.92. The van der Waals surface area contributed by atoms with Crippen molar-refractivity contribution in [2.45, 2.75) is 65.3 Å². The molecule has 0 radical (unpaired) electrons. The number of aliphatic hydroxyl groups excluding tert-OH is 1. The Morgan fingerprint density at radius 2 is 2.05 bits per heavy atom. The van der Waals surface area contributed by atoms with Gasteiger partial charge in [-0.1, -0.05) is 20.8 Å². The van der Waals surface area contributed by atoms with Gasteiger partial charge in [-0.3, -0.25) is 9.59 Å². The molecule has 8 atom stereocenters. The van der Waals surface area contributed by atoms with Gasteiger partial charge in [0.2, 0.25) is 0 Å². The van der Waals surface area contributed by atoms with Gasteiger partial charge in [0, 0.05) is 30.6 Å². The molecule has 1 aliphatic heterocycles. The van der Waals surface area contributed by atoms with Gasteiger partial charge in [-0.25, -0.2) is 0 Å². The van der Waals surface area contributed by atoms with Gasteiger partial charge in [0.15, 0.2) is 0 Å². The average Bonchev–Trinajstić information content (AvgIpc) is 2.73. The zero-order valence-electron chi connectivity index (χ0n) is 13.7. The van der Waals surface area contributed by atoms with Crippen LogP contribution >= 0.6 is 0 Å². The Hall–Kier alpha value is -1.10. The first kappa shape index (κ1) is 15.8. The van der Waals surface area contributed by atoms with Crippen molar-refractivity contribution in [1.82, 2.24) is 0 Å². The molecule has 5 nitrogen and oxygen atoms in total. The zero-order valence-corrected chi connectivity index (χ0v) is 13.7. The Bertz CT molecular complexity index is 489. The van der Waals surface area contributed by atoms with E-state index in [1.54, 1.807) is 0 Å². The molecule has 5 heteroatoms. The smallest absolute Gasteiger partial charge is 0.309 e. The first-order valence-corrected chi connectivity index (χ1v) is 8.29. The molecule has 0 aromatic heterocycles. The Labute approximate surface area is 131 Å². The lowest BCUT2D eigenvalue weighted by atomic mass is 9.68. The van der Waals surface area contributed by atoms with Crippen LogP contribution in [0.1, 0.15) is 47.0 Å². The van der Waals surface area contributed by atoms with Gasteiger partial charge in [-0.2, -0.15) is 0 Å². The lowest BCUT2D eigenvalue weighted by Gasteiger charge is -2.38. The van der Waals surface area contributed by atoms with E-state index in [1.807, 2.05) is 6.92 Å². The minimum absolute atomic E-state index is 0.0647. The molecule has 0 amide bonds. The average molecular weight is 310 g/mol. The molecule has 3 aliphatic rings. The summed E-state index contributed by atoms with van der Waals surface area (Å²) in [6, 6.07) is 0. The van der Waals surface area contributed by atoms with E-state index in [1.165, 1.54) is 6.92 Å². The predicted molar refractivity (Wildman–Crippen MR) is 78.7 cm³/mol. The summed E-state index contributed by atoms with van der Waals surface area (Å²) in [7, 11) is 0. The second-order valence-corrected chi connectivity index (χ2v) is 7.78. The number of carbonyl (C=O) groups excluding carboxylic acids is 2. The van der Waals surface area contributed by atoms with Gasteiger partial charge in [0.05, 0.1) is 12.0 Å². The third-order valence-corrected chi connectivity index (χ3v) is 6.35. The highest BCUT2D eigenvalue weighted by Gasteiger charge is 2.60. The highest BCUT2D eigenvalue weighted by molar-refractivity contribution is 5.74. The van der Waals surface area contributed by atoms with Gasteiger partial charge in [0.25, 0.3) is 0 Å². The van der Waals surface area contributed by atoms with E-state index in [9.17, 15) is 14.7 Å². The SMILES string of the molecule is CC(=O)O[C@H]1C[C@H](O)[C@@]2(C)C[C@H]3[C@H](C[C@@H](C)[C@H]12)OC(=O)[C@@H]3C. The molecule has 3 fully saturated rings. The molecule has 0 bridgehead atoms. The Morgan fingerprint density at radius 1 is 1.36 bits per heavy atom. The Kier molecular flexibility index (Phi) is 3.75. The standard InChI is InChI=1S/C17H26O5/c1-8-5-12-11(9(2)16(20)22-12)7-17(4)14(19)6-13(15(8)17)21-10(3)18/h8-9,11-15,19H,5-7H2,1-4H3/t8-,9-,11-,12+,13+,14+,15-,17-/m1/s1. The van der Waals surface area contributed by atoms with Crippen LogP contribution in [0.15, 0.2) is 0 Å². The summed E-state index contributed by atoms with van der Waals surface area (Å²) in [5, 5.41) is 10.7. The van der Waals surface area contributed by atoms with E-state index in [2.05, 4.69) is 13.8 Å². The second-order valence-electron chi connectivity index (χ2n) is 7.78. The lowest BCUT2D eigenvalue weighted by molar-refractivity contribution is -0.150. The monoisotopic (exact) mass is 310 g/mol. The summed E-state index contributed by atoms with van der Waals surface area (Å²) in [5.41, 5.74) is -0.332. The van der Waals surface area contributed by atoms with Crippen LogP contribution in [0.25, 0.3) is 0 Å². The molecule has 22 heavy (non-hydrogen) atoms. The molecular formula is C17H26O5. The van der Waals surface area contributed by atoms with Crippen LogP contribution in [-0.2, 0) is 19.1 Å². The van der Waals surface area contributed by atoms with Gasteiger partial charge < -0.3 is 14.6 Å². The number of hydrogen-bond acceptors (Lipinski definition) is 5. The molecule has 1 heterocycles. The van der Waals surface area contributed by atoms with Gasteiger partial charge in [-0.05, 0) is 18.8 Å². The molecular weight excluding hydrogens is 284 g/mol. The maximum Gasteiger partial charge on any atom is 0.309 e. The molecule has 1 N–H and O–H groups in total. The molecule has 3 rings (SSSR count). The summed E-state index contributed by atoms with van der Waals surface area (Å²) in [6.07, 6.45) is 1.21. The molecule has 2 aliphatic carbocycles. The highest BCUT2D eigenvalue weighted by Crippen LogP contribution is 2.57. The summed E-state index contributed by atoms with van der Waals surface area (Å²) in [6.45, 7) is 7.55. The molecule has 0 unspecified atom stereocenters. The van der Waals surface area contributed by atoms with Crippen molar-refractivity contribution in [3.05, 3.63) is 0 Å². The maximum atomic E-state index is 11.9. The minimum Gasteiger partial charge on any atom is -0.462 e. The van der Waals surface area contributed by atoms with Crippen LogP contribution in [-0.4, -0.2) is 35.4 Å². The third-order valence-electron chi connectivity index (χ3n) is 6.35. The summed E-state index contributed by atoms with van der Waals surface area (Å²) < 4.78 is 11.1. The zero-order chi connectivity index (χ0) is 16.2. The third kappa shape index (κ3) is 2.25. The molecule has 2 saturated carbocycles. The first-order valence-electron chi connectivity index (χ1n) is 8.29. The quantitative estimate of drug-likeness (QED) is 0.749. The van der Waals surface area contributed by atoms with Crippen LogP contribution < -0.4 is 0 Å². The lowest BCUT2D eigenvalue weighted by Crippen LogP contribution is -2.39. The van der Waals surface area contributed by atoms with Crippen molar-refractivity contribution in [3.8, 4) is 0 Å². The van der Waals surface area contributed by atoms with E-state index < -0.39 is 6.10 Å². The molecule has 0 aromatic carbocycles. The second kappa shape index (κ2) is 5.22. The van der Waals surface area contributed by atoms with Crippen LogP contribution in [0.2, 0.25) is 0 Å². The predicted octanol–water partition coefficient (Wildman–Crippen LogP) is 1.91. The fourth-order valence-corrected chi connectivity index (χ4v) is 5.30. The van der Waals surface area contributed by atoms with Crippen molar-refractivity contribution in [2.24, 2.45) is 29.1 Å². The van der Waals surface area contributed by atoms with Crippen molar-refractivity contribution in [1.29, 1.82) is 0 Å². The van der Waals surface area contributed by atoms with Crippen molar-refractivity contribution < 1.29 is 24.2 Å². The van der Waals surface area contributed by atoms with Crippen LogP contribution in [0.5, 0.6) is 0 Å².